The van der Waals surface area contributed by atoms with E-state index in [4.69, 9.17) is 0 Å². The number of anilines is 1. The van der Waals surface area contributed by atoms with Crippen LogP contribution in [0, 0.1) is 0 Å². The van der Waals surface area contributed by atoms with Crippen molar-refractivity contribution in [2.24, 2.45) is 0 Å². The van der Waals surface area contributed by atoms with Crippen LogP contribution in [0.15, 0.2) is 16.7 Å². The van der Waals surface area contributed by atoms with E-state index < -0.39 is 0 Å². The van der Waals surface area contributed by atoms with Crippen molar-refractivity contribution in [2.45, 2.75) is 40.0 Å². The molecule has 0 radical (unpaired) electrons. The summed E-state index contributed by atoms with van der Waals surface area (Å²) in [5.41, 5.74) is 2.23. The van der Waals surface area contributed by atoms with Gasteiger partial charge in [-0.15, -0.1) is 0 Å². The summed E-state index contributed by atoms with van der Waals surface area (Å²) < 4.78 is 2.75. The van der Waals surface area contributed by atoms with Crippen molar-refractivity contribution >= 4 is 21.9 Å². The van der Waals surface area contributed by atoms with Crippen molar-refractivity contribution in [1.82, 2.24) is 19.7 Å². The molecule has 1 N–H and O–H groups in total. The maximum absolute atomic E-state index is 4.62. The van der Waals surface area contributed by atoms with Crippen LogP contribution in [0.4, 0.5) is 5.95 Å². The molecule has 0 fully saturated rings. The summed E-state index contributed by atoms with van der Waals surface area (Å²) in [6, 6.07) is 2.13. The Bertz CT molecular complexity index is 579. The Hall–Kier alpha value is -1.43. The van der Waals surface area contributed by atoms with E-state index in [2.05, 4.69) is 63.2 Å². The van der Waals surface area contributed by atoms with Gasteiger partial charge in [-0.1, -0.05) is 20.8 Å². The quantitative estimate of drug-likeness (QED) is 0.877. The van der Waals surface area contributed by atoms with E-state index in [0.717, 1.165) is 47.5 Å². The van der Waals surface area contributed by atoms with Gasteiger partial charge in [-0.3, -0.25) is 0 Å². The lowest BCUT2D eigenvalue weighted by molar-refractivity contribution is 0.764. The first-order valence-corrected chi connectivity index (χ1v) is 7.83. The zero-order valence-corrected chi connectivity index (χ0v) is 13.7. The predicted octanol–water partition coefficient (Wildman–Crippen LogP) is 3.37. The second kappa shape index (κ2) is 6.83. The van der Waals surface area contributed by atoms with E-state index in [9.17, 15) is 0 Å². The number of aromatic nitrogens is 4. The highest BCUT2D eigenvalue weighted by molar-refractivity contribution is 9.10. The van der Waals surface area contributed by atoms with Crippen LogP contribution in [-0.4, -0.2) is 26.3 Å². The third-order valence-corrected chi connectivity index (χ3v) is 3.58. The first-order valence-electron chi connectivity index (χ1n) is 7.04. The Kier molecular flexibility index (Phi) is 5.11. The van der Waals surface area contributed by atoms with Crippen LogP contribution in [0.3, 0.4) is 0 Å². The molecule has 0 aliphatic carbocycles. The molecule has 2 aromatic heterocycles. The third kappa shape index (κ3) is 3.17. The van der Waals surface area contributed by atoms with Crippen molar-refractivity contribution in [3.63, 3.8) is 0 Å². The van der Waals surface area contributed by atoms with Crippen molar-refractivity contribution in [1.29, 1.82) is 0 Å². The van der Waals surface area contributed by atoms with Gasteiger partial charge in [0, 0.05) is 18.4 Å². The highest BCUT2D eigenvalue weighted by Gasteiger charge is 2.13. The Morgan fingerprint density at radius 3 is 2.70 bits per heavy atom. The van der Waals surface area contributed by atoms with Crippen molar-refractivity contribution in [3.05, 3.63) is 28.1 Å². The maximum atomic E-state index is 4.62. The topological polar surface area (TPSA) is 55.6 Å². The summed E-state index contributed by atoms with van der Waals surface area (Å²) in [6.45, 7) is 7.21. The average Bonchev–Trinajstić information content (AvgIpc) is 2.89. The first-order chi connectivity index (χ1) is 9.69. The first kappa shape index (κ1) is 15.0. The zero-order valence-electron chi connectivity index (χ0n) is 12.1. The van der Waals surface area contributed by atoms with Gasteiger partial charge in [0.2, 0.25) is 5.95 Å². The SMILES string of the molecule is CCCNc1ncc(Br)c(-n2nc(CC)cc2CC)n1. The fourth-order valence-electron chi connectivity index (χ4n) is 1.91. The highest BCUT2D eigenvalue weighted by Crippen LogP contribution is 2.21. The van der Waals surface area contributed by atoms with E-state index in [1.807, 2.05) is 4.68 Å². The Labute approximate surface area is 128 Å². The Morgan fingerprint density at radius 2 is 2.05 bits per heavy atom. The molecular weight excluding hydrogens is 318 g/mol. The molecule has 0 saturated heterocycles. The molecule has 0 aliphatic rings. The van der Waals surface area contributed by atoms with E-state index >= 15 is 0 Å². The third-order valence-electron chi connectivity index (χ3n) is 3.02. The lowest BCUT2D eigenvalue weighted by atomic mass is 10.2. The molecule has 0 amide bonds. The Morgan fingerprint density at radius 1 is 1.25 bits per heavy atom. The lowest BCUT2D eigenvalue weighted by Crippen LogP contribution is -2.10. The molecule has 5 nitrogen and oxygen atoms in total. The van der Waals surface area contributed by atoms with Gasteiger partial charge >= 0.3 is 0 Å². The van der Waals surface area contributed by atoms with Gasteiger partial charge in [-0.25, -0.2) is 9.67 Å². The van der Waals surface area contributed by atoms with Gasteiger partial charge in [-0.2, -0.15) is 10.1 Å². The lowest BCUT2D eigenvalue weighted by Gasteiger charge is -2.09. The zero-order chi connectivity index (χ0) is 14.5. The number of aryl methyl sites for hydroxylation is 2. The van der Waals surface area contributed by atoms with Crippen LogP contribution >= 0.6 is 15.9 Å². The number of nitrogens with one attached hydrogen (secondary N) is 1. The van der Waals surface area contributed by atoms with E-state index in [-0.39, 0.29) is 0 Å². The van der Waals surface area contributed by atoms with Crippen LogP contribution in [0.1, 0.15) is 38.6 Å². The molecule has 0 aliphatic heterocycles. The van der Waals surface area contributed by atoms with Gasteiger partial charge in [-0.05, 0) is 41.3 Å². The smallest absolute Gasteiger partial charge is 0.224 e. The molecule has 0 aromatic carbocycles. The molecule has 6 heteroatoms. The molecule has 0 spiro atoms. The summed E-state index contributed by atoms with van der Waals surface area (Å²) in [5.74, 6) is 1.43. The minimum absolute atomic E-state index is 0.639. The molecule has 0 atom stereocenters. The van der Waals surface area contributed by atoms with Gasteiger partial charge in [0.1, 0.15) is 0 Å². The normalized spacial score (nSPS) is 10.8. The number of rotatable bonds is 6. The maximum Gasteiger partial charge on any atom is 0.224 e. The Balaban J connectivity index is 2.42. The van der Waals surface area contributed by atoms with E-state index in [0.29, 0.717) is 5.95 Å². The summed E-state index contributed by atoms with van der Waals surface area (Å²) in [6.07, 6.45) is 4.65. The summed E-state index contributed by atoms with van der Waals surface area (Å²) >= 11 is 3.52. The monoisotopic (exact) mass is 337 g/mol. The number of nitrogens with zero attached hydrogens (tertiary/aromatic N) is 4. The molecule has 2 rings (SSSR count). The van der Waals surface area contributed by atoms with Crippen LogP contribution in [-0.2, 0) is 12.8 Å². The van der Waals surface area contributed by atoms with Crippen LogP contribution in [0.2, 0.25) is 0 Å². The van der Waals surface area contributed by atoms with Crippen LogP contribution in [0.5, 0.6) is 0 Å². The molecule has 108 valence electrons. The van der Waals surface area contributed by atoms with Gasteiger partial charge in [0.05, 0.1) is 10.2 Å². The number of hydrogen-bond acceptors (Lipinski definition) is 4. The number of hydrogen-bond donors (Lipinski definition) is 1. The van der Waals surface area contributed by atoms with E-state index in [1.54, 1.807) is 6.20 Å². The minimum Gasteiger partial charge on any atom is -0.354 e. The van der Waals surface area contributed by atoms with Gasteiger partial charge < -0.3 is 5.32 Å². The van der Waals surface area contributed by atoms with Crippen molar-refractivity contribution in [2.75, 3.05) is 11.9 Å². The average molecular weight is 338 g/mol. The second-order valence-corrected chi connectivity index (χ2v) is 5.39. The summed E-state index contributed by atoms with van der Waals surface area (Å²) in [7, 11) is 0. The number of halogens is 1. The van der Waals surface area contributed by atoms with Gasteiger partial charge in [0.25, 0.3) is 0 Å². The fraction of sp³-hybridized carbons (Fsp3) is 0.500. The van der Waals surface area contributed by atoms with Crippen molar-refractivity contribution < 1.29 is 0 Å². The van der Waals surface area contributed by atoms with Crippen LogP contribution in [0.25, 0.3) is 5.82 Å². The van der Waals surface area contributed by atoms with Gasteiger partial charge in [0.15, 0.2) is 5.82 Å². The molecule has 2 heterocycles. The van der Waals surface area contributed by atoms with Crippen molar-refractivity contribution in [3.8, 4) is 5.82 Å². The molecule has 0 saturated carbocycles. The molecule has 0 unspecified atom stereocenters. The highest BCUT2D eigenvalue weighted by atomic mass is 79.9. The predicted molar refractivity (Wildman–Crippen MR) is 84.4 cm³/mol. The van der Waals surface area contributed by atoms with Crippen LogP contribution < -0.4 is 5.32 Å². The summed E-state index contributed by atoms with van der Waals surface area (Å²) in [5, 5.41) is 7.83. The molecule has 2 aromatic rings. The molecule has 0 bridgehead atoms. The largest absolute Gasteiger partial charge is 0.354 e. The second-order valence-electron chi connectivity index (χ2n) is 4.54. The minimum atomic E-state index is 0.639. The van der Waals surface area contributed by atoms with E-state index in [1.165, 1.54) is 0 Å². The standard InChI is InChI=1S/C14H20BrN5/c1-4-7-16-14-17-9-12(15)13(18-14)20-11(6-3)8-10(5-2)19-20/h8-9H,4-7H2,1-3H3,(H,16,17,18). The fourth-order valence-corrected chi connectivity index (χ4v) is 2.27. The molecule has 20 heavy (non-hydrogen) atoms. The summed E-state index contributed by atoms with van der Waals surface area (Å²) in [4.78, 5) is 8.84. The molecular formula is C14H20BrN5.